The van der Waals surface area contributed by atoms with Crippen molar-refractivity contribution in [1.82, 2.24) is 19.8 Å². The molecule has 0 aliphatic carbocycles. The van der Waals surface area contributed by atoms with Crippen LogP contribution in [0.3, 0.4) is 0 Å². The summed E-state index contributed by atoms with van der Waals surface area (Å²) in [4.78, 5) is 34.7. The van der Waals surface area contributed by atoms with Gasteiger partial charge in [0.2, 0.25) is 0 Å². The van der Waals surface area contributed by atoms with Crippen LogP contribution >= 0.6 is 0 Å². The number of nitrogens with one attached hydrogen (secondary N) is 1. The number of rotatable bonds is 5. The van der Waals surface area contributed by atoms with Crippen molar-refractivity contribution < 1.29 is 9.53 Å². The van der Waals surface area contributed by atoms with Gasteiger partial charge in [0.25, 0.3) is 5.56 Å². The summed E-state index contributed by atoms with van der Waals surface area (Å²) >= 11 is 0. The number of carbonyl (C=O) groups excluding carboxylic acids is 1. The molecule has 2 aromatic carbocycles. The monoisotopic (exact) mass is 461 g/mol. The van der Waals surface area contributed by atoms with Crippen molar-refractivity contribution >= 4 is 22.9 Å². The number of ether oxygens (including phenoxy) is 1. The molecule has 0 saturated carbocycles. The molecule has 0 bridgehead atoms. The molecule has 178 valence electrons. The van der Waals surface area contributed by atoms with Crippen LogP contribution in [0, 0.1) is 6.92 Å². The number of hydrogen-bond acceptors (Lipinski definition) is 5. The summed E-state index contributed by atoms with van der Waals surface area (Å²) in [5.74, 6) is 0.449. The van der Waals surface area contributed by atoms with Crippen molar-refractivity contribution in [1.29, 1.82) is 0 Å². The standard InChI is InChI=1S/C26H31N5O3/c1-19-8-10-20(11-9-19)18-31-23-7-3-2-6-22(23)28-24(25(31)32)29-12-14-30(15-13-29)26(33)27-17-21-5-4-16-34-21/h2-3,6-11,21H,4-5,12-18H2,1H3,(H,27,33)/t21-/m1/s1. The highest BCUT2D eigenvalue weighted by Gasteiger charge is 2.25. The van der Waals surface area contributed by atoms with E-state index in [4.69, 9.17) is 9.72 Å². The van der Waals surface area contributed by atoms with Gasteiger partial charge in [-0.15, -0.1) is 0 Å². The number of hydrogen-bond donors (Lipinski definition) is 1. The molecule has 0 spiro atoms. The predicted octanol–water partition coefficient (Wildman–Crippen LogP) is 2.76. The van der Waals surface area contributed by atoms with E-state index in [1.54, 1.807) is 4.90 Å². The van der Waals surface area contributed by atoms with Gasteiger partial charge in [0.1, 0.15) is 0 Å². The van der Waals surface area contributed by atoms with E-state index in [0.717, 1.165) is 36.0 Å². The van der Waals surface area contributed by atoms with Crippen molar-refractivity contribution in [2.75, 3.05) is 44.2 Å². The number of carbonyl (C=O) groups is 1. The molecule has 8 nitrogen and oxygen atoms in total. The Hall–Kier alpha value is -3.39. The average molecular weight is 462 g/mol. The summed E-state index contributed by atoms with van der Waals surface area (Å²) in [6, 6.07) is 15.9. The minimum Gasteiger partial charge on any atom is -0.376 e. The average Bonchev–Trinajstić information content (AvgIpc) is 3.39. The third kappa shape index (κ3) is 4.77. The van der Waals surface area contributed by atoms with Crippen molar-refractivity contribution in [2.45, 2.75) is 32.4 Å². The van der Waals surface area contributed by atoms with Gasteiger partial charge in [-0.1, -0.05) is 42.0 Å². The Labute approximate surface area is 199 Å². The zero-order valence-electron chi connectivity index (χ0n) is 19.6. The summed E-state index contributed by atoms with van der Waals surface area (Å²) < 4.78 is 7.40. The molecule has 3 aromatic rings. The quantitative estimate of drug-likeness (QED) is 0.632. The van der Waals surface area contributed by atoms with Crippen molar-refractivity contribution in [3.05, 3.63) is 70.0 Å². The highest BCUT2D eigenvalue weighted by atomic mass is 16.5. The zero-order valence-corrected chi connectivity index (χ0v) is 19.6. The van der Waals surface area contributed by atoms with Crippen LogP contribution in [0.15, 0.2) is 53.3 Å². The third-order valence-electron chi connectivity index (χ3n) is 6.67. The fourth-order valence-electron chi connectivity index (χ4n) is 4.66. The molecule has 2 saturated heterocycles. The van der Waals surface area contributed by atoms with E-state index < -0.39 is 0 Å². The number of urea groups is 1. The number of para-hydroxylation sites is 2. The molecule has 2 fully saturated rings. The number of benzene rings is 2. The second-order valence-electron chi connectivity index (χ2n) is 9.10. The number of aryl methyl sites for hydroxylation is 1. The maximum absolute atomic E-state index is 13.6. The van der Waals surface area contributed by atoms with Crippen LogP contribution in [0.5, 0.6) is 0 Å². The molecule has 1 aromatic heterocycles. The van der Waals surface area contributed by atoms with E-state index in [9.17, 15) is 9.59 Å². The molecule has 2 aliphatic rings. The highest BCUT2D eigenvalue weighted by molar-refractivity contribution is 5.77. The number of amides is 2. The number of piperazine rings is 1. The van der Waals surface area contributed by atoms with Crippen LogP contribution in [0.25, 0.3) is 11.0 Å². The van der Waals surface area contributed by atoms with Gasteiger partial charge in [-0.05, 0) is 37.5 Å². The molecule has 0 radical (unpaired) electrons. The van der Waals surface area contributed by atoms with Crippen molar-refractivity contribution in [2.24, 2.45) is 0 Å². The van der Waals surface area contributed by atoms with E-state index in [-0.39, 0.29) is 17.7 Å². The van der Waals surface area contributed by atoms with Gasteiger partial charge in [0.05, 0.1) is 23.7 Å². The molecule has 2 amide bonds. The van der Waals surface area contributed by atoms with Crippen LogP contribution in [-0.4, -0.2) is 65.9 Å². The van der Waals surface area contributed by atoms with E-state index in [0.29, 0.717) is 45.1 Å². The second-order valence-corrected chi connectivity index (χ2v) is 9.10. The largest absolute Gasteiger partial charge is 0.376 e. The minimum atomic E-state index is -0.101. The normalized spacial score (nSPS) is 18.4. The lowest BCUT2D eigenvalue weighted by atomic mass is 10.1. The SMILES string of the molecule is Cc1ccc(Cn2c(=O)c(N3CCN(C(=O)NC[C@H]4CCCO4)CC3)nc3ccccc32)cc1. The molecule has 0 unspecified atom stereocenters. The Kier molecular flexibility index (Phi) is 6.49. The number of aromatic nitrogens is 2. The molecule has 5 rings (SSSR count). The maximum atomic E-state index is 13.6. The first-order valence-corrected chi connectivity index (χ1v) is 12.0. The molecular formula is C26H31N5O3. The zero-order chi connectivity index (χ0) is 23.5. The van der Waals surface area contributed by atoms with Gasteiger partial charge in [-0.2, -0.15) is 0 Å². The Morgan fingerprint density at radius 1 is 1.09 bits per heavy atom. The van der Waals surface area contributed by atoms with Gasteiger partial charge in [0.15, 0.2) is 5.82 Å². The van der Waals surface area contributed by atoms with E-state index in [1.807, 2.05) is 33.7 Å². The smallest absolute Gasteiger partial charge is 0.317 e. The summed E-state index contributed by atoms with van der Waals surface area (Å²) in [6.45, 7) is 6.09. The molecular weight excluding hydrogens is 430 g/mol. The second kappa shape index (κ2) is 9.85. The van der Waals surface area contributed by atoms with Gasteiger partial charge in [0, 0.05) is 39.3 Å². The number of anilines is 1. The lowest BCUT2D eigenvalue weighted by molar-refractivity contribution is 0.108. The first-order valence-electron chi connectivity index (χ1n) is 12.0. The molecule has 8 heteroatoms. The fraction of sp³-hybridized carbons (Fsp3) is 0.423. The Morgan fingerprint density at radius 2 is 1.85 bits per heavy atom. The van der Waals surface area contributed by atoms with Crippen LogP contribution in [0.2, 0.25) is 0 Å². The third-order valence-corrected chi connectivity index (χ3v) is 6.67. The summed E-state index contributed by atoms with van der Waals surface area (Å²) in [7, 11) is 0. The molecule has 1 N–H and O–H groups in total. The van der Waals surface area contributed by atoms with Gasteiger partial charge >= 0.3 is 6.03 Å². The predicted molar refractivity (Wildman–Crippen MR) is 132 cm³/mol. The topological polar surface area (TPSA) is 79.7 Å². The Bertz CT molecular complexity index is 1210. The Morgan fingerprint density at radius 3 is 2.59 bits per heavy atom. The molecule has 2 aliphatic heterocycles. The fourth-order valence-corrected chi connectivity index (χ4v) is 4.66. The first kappa shape index (κ1) is 22.4. The van der Waals surface area contributed by atoms with E-state index in [1.165, 1.54) is 5.56 Å². The maximum Gasteiger partial charge on any atom is 0.317 e. The van der Waals surface area contributed by atoms with Gasteiger partial charge in [-0.3, -0.25) is 9.36 Å². The van der Waals surface area contributed by atoms with Crippen molar-refractivity contribution in [3.63, 3.8) is 0 Å². The summed E-state index contributed by atoms with van der Waals surface area (Å²) in [5, 5.41) is 2.99. The summed E-state index contributed by atoms with van der Waals surface area (Å²) in [6.07, 6.45) is 2.18. The van der Waals surface area contributed by atoms with Crippen molar-refractivity contribution in [3.8, 4) is 0 Å². The van der Waals surface area contributed by atoms with Gasteiger partial charge in [-0.25, -0.2) is 9.78 Å². The minimum absolute atomic E-state index is 0.0709. The lowest BCUT2D eigenvalue weighted by Crippen LogP contribution is -2.53. The summed E-state index contributed by atoms with van der Waals surface area (Å²) in [5.41, 5.74) is 3.78. The van der Waals surface area contributed by atoms with Crippen LogP contribution in [0.4, 0.5) is 10.6 Å². The van der Waals surface area contributed by atoms with Gasteiger partial charge < -0.3 is 19.9 Å². The van der Waals surface area contributed by atoms with Crippen LogP contribution in [0.1, 0.15) is 24.0 Å². The molecule has 34 heavy (non-hydrogen) atoms. The Balaban J connectivity index is 1.32. The number of fused-ring (bicyclic) bond motifs is 1. The van der Waals surface area contributed by atoms with Crippen LogP contribution in [-0.2, 0) is 11.3 Å². The molecule has 3 heterocycles. The number of nitrogens with zero attached hydrogens (tertiary/aromatic N) is 4. The lowest BCUT2D eigenvalue weighted by Gasteiger charge is -2.35. The van der Waals surface area contributed by atoms with Crippen LogP contribution < -0.4 is 15.8 Å². The van der Waals surface area contributed by atoms with E-state index >= 15 is 0 Å². The van der Waals surface area contributed by atoms with E-state index in [2.05, 4.69) is 36.5 Å². The highest BCUT2D eigenvalue weighted by Crippen LogP contribution is 2.18. The first-order chi connectivity index (χ1) is 16.6. The molecule has 1 atom stereocenters.